The maximum absolute atomic E-state index is 15.6. The van der Waals surface area contributed by atoms with Crippen LogP contribution in [0.5, 0.6) is 0 Å². The third kappa shape index (κ3) is 2.75. The highest BCUT2D eigenvalue weighted by molar-refractivity contribution is 7.12. The maximum atomic E-state index is 15.6. The number of anilines is 1. The zero-order chi connectivity index (χ0) is 19.4. The molecule has 2 atom stereocenters. The van der Waals surface area contributed by atoms with Crippen LogP contribution in [0.2, 0.25) is 0 Å². The van der Waals surface area contributed by atoms with E-state index in [2.05, 4.69) is 6.07 Å². The molecule has 140 valence electrons. The number of amides is 1. The molecule has 2 saturated heterocycles. The van der Waals surface area contributed by atoms with Gasteiger partial charge in [-0.2, -0.15) is 5.26 Å². The summed E-state index contributed by atoms with van der Waals surface area (Å²) in [5.41, 5.74) is -2.86. The van der Waals surface area contributed by atoms with E-state index in [-0.39, 0.29) is 19.6 Å². The van der Waals surface area contributed by atoms with Gasteiger partial charge in [-0.25, -0.2) is 8.78 Å². The maximum Gasteiger partial charge on any atom is 0.269 e. The van der Waals surface area contributed by atoms with Gasteiger partial charge in [0, 0.05) is 29.4 Å². The predicted octanol–water partition coefficient (Wildman–Crippen LogP) is 3.52. The van der Waals surface area contributed by atoms with Gasteiger partial charge in [-0.3, -0.25) is 9.69 Å². The minimum atomic E-state index is -2.54. The molecule has 2 aliphatic rings. The summed E-state index contributed by atoms with van der Waals surface area (Å²) >= 11 is 1.51. The summed E-state index contributed by atoms with van der Waals surface area (Å²) in [5, 5.41) is 9.00. The number of benzene rings is 1. The summed E-state index contributed by atoms with van der Waals surface area (Å²) in [4.78, 5) is 17.6. The summed E-state index contributed by atoms with van der Waals surface area (Å²) in [7, 11) is 0. The number of fused-ring (bicyclic) bond motifs is 1. The molecule has 0 saturated carbocycles. The summed E-state index contributed by atoms with van der Waals surface area (Å²) in [6, 6.07) is 10.8. The molecular formula is C20H19F2N3OS. The standard InChI is InChI=1S/C20H19F2N3OS/c1-13-6-17(14(2)27-13)25-11-19(21)10-24(12-20(19,22)18(25)26)9-16-5-3-4-15(7-16)8-23/h3-7H,9-12H2,1-2H3/t19-,20+/m0/s1. The highest BCUT2D eigenvalue weighted by Crippen LogP contribution is 2.48. The first-order valence-electron chi connectivity index (χ1n) is 8.74. The quantitative estimate of drug-likeness (QED) is 0.810. The molecule has 1 aromatic heterocycles. The SMILES string of the molecule is Cc1cc(N2C[C@@]3(F)CN(Cc4cccc(C#N)c4)C[C@@]3(F)C2=O)c(C)s1. The van der Waals surface area contributed by atoms with Crippen molar-refractivity contribution < 1.29 is 13.6 Å². The van der Waals surface area contributed by atoms with Crippen LogP contribution >= 0.6 is 11.3 Å². The second-order valence-corrected chi connectivity index (χ2v) is 8.87. The fourth-order valence-corrected chi connectivity index (χ4v) is 5.07. The van der Waals surface area contributed by atoms with Crippen LogP contribution in [0, 0.1) is 25.2 Å². The smallest absolute Gasteiger partial charge is 0.269 e. The van der Waals surface area contributed by atoms with Gasteiger partial charge in [0.15, 0.2) is 5.67 Å². The van der Waals surface area contributed by atoms with E-state index in [1.807, 2.05) is 26.0 Å². The van der Waals surface area contributed by atoms with E-state index in [1.54, 1.807) is 23.1 Å². The molecule has 4 rings (SSSR count). The first-order valence-corrected chi connectivity index (χ1v) is 9.56. The first-order chi connectivity index (χ1) is 12.8. The zero-order valence-electron chi connectivity index (χ0n) is 15.1. The van der Waals surface area contributed by atoms with Crippen LogP contribution in [-0.2, 0) is 11.3 Å². The van der Waals surface area contributed by atoms with Crippen molar-refractivity contribution in [2.24, 2.45) is 0 Å². The van der Waals surface area contributed by atoms with Gasteiger partial charge in [-0.05, 0) is 37.6 Å². The van der Waals surface area contributed by atoms with Crippen molar-refractivity contribution in [3.05, 3.63) is 51.2 Å². The molecule has 0 aliphatic carbocycles. The van der Waals surface area contributed by atoms with Gasteiger partial charge in [0.2, 0.25) is 5.67 Å². The number of carbonyl (C=O) groups excluding carboxylic acids is 1. The topological polar surface area (TPSA) is 47.3 Å². The van der Waals surface area contributed by atoms with Gasteiger partial charge < -0.3 is 4.90 Å². The lowest BCUT2D eigenvalue weighted by molar-refractivity contribution is -0.130. The van der Waals surface area contributed by atoms with E-state index in [9.17, 15) is 4.79 Å². The van der Waals surface area contributed by atoms with Crippen LogP contribution in [0.3, 0.4) is 0 Å². The third-order valence-corrected chi connectivity index (χ3v) is 6.34. The minimum absolute atomic E-state index is 0.148. The number of thiophene rings is 1. The lowest BCUT2D eigenvalue weighted by Gasteiger charge is -2.22. The highest BCUT2D eigenvalue weighted by Gasteiger charge is 2.71. The number of rotatable bonds is 3. The summed E-state index contributed by atoms with van der Waals surface area (Å²) in [6.45, 7) is 3.38. The van der Waals surface area contributed by atoms with Crippen LogP contribution in [0.25, 0.3) is 0 Å². The van der Waals surface area contributed by atoms with E-state index in [0.29, 0.717) is 17.8 Å². The van der Waals surface area contributed by atoms with Gasteiger partial charge >= 0.3 is 0 Å². The molecule has 1 aromatic carbocycles. The molecular weight excluding hydrogens is 368 g/mol. The molecule has 0 bridgehead atoms. The van der Waals surface area contributed by atoms with E-state index >= 15 is 8.78 Å². The van der Waals surface area contributed by atoms with Crippen molar-refractivity contribution in [2.75, 3.05) is 24.5 Å². The molecule has 0 radical (unpaired) electrons. The number of halogens is 2. The molecule has 4 nitrogen and oxygen atoms in total. The fourth-order valence-electron chi connectivity index (χ4n) is 4.15. The minimum Gasteiger partial charge on any atom is -0.305 e. The Kier molecular flexibility index (Phi) is 4.09. The van der Waals surface area contributed by atoms with Gasteiger partial charge in [-0.15, -0.1) is 11.3 Å². The van der Waals surface area contributed by atoms with E-state index in [1.165, 1.54) is 16.2 Å². The Bertz CT molecular complexity index is 968. The lowest BCUT2D eigenvalue weighted by atomic mass is 9.93. The van der Waals surface area contributed by atoms with Crippen molar-refractivity contribution in [2.45, 2.75) is 31.7 Å². The molecule has 0 spiro atoms. The Balaban J connectivity index is 1.57. The summed E-state index contributed by atoms with van der Waals surface area (Å²) in [5.74, 6) is -0.792. The predicted molar refractivity (Wildman–Crippen MR) is 100 cm³/mol. The molecule has 27 heavy (non-hydrogen) atoms. The Labute approximate surface area is 160 Å². The van der Waals surface area contributed by atoms with Crippen LogP contribution < -0.4 is 4.90 Å². The zero-order valence-corrected chi connectivity index (χ0v) is 15.9. The average Bonchev–Trinajstić information content (AvgIpc) is 3.14. The van der Waals surface area contributed by atoms with Crippen LogP contribution in [0.15, 0.2) is 30.3 Å². The van der Waals surface area contributed by atoms with Crippen LogP contribution in [0.4, 0.5) is 14.5 Å². The monoisotopic (exact) mass is 387 g/mol. The van der Waals surface area contributed by atoms with Gasteiger partial charge in [-0.1, -0.05) is 12.1 Å². The number of aryl methyl sites for hydroxylation is 2. The van der Waals surface area contributed by atoms with E-state index in [0.717, 1.165) is 15.3 Å². The second-order valence-electron chi connectivity index (χ2n) is 7.41. The normalized spacial score (nSPS) is 27.8. The number of nitriles is 1. The van der Waals surface area contributed by atoms with Crippen molar-refractivity contribution in [3.8, 4) is 6.07 Å². The number of carbonyl (C=O) groups is 1. The Hall–Kier alpha value is -2.30. The van der Waals surface area contributed by atoms with Crippen molar-refractivity contribution in [1.82, 2.24) is 4.90 Å². The Morgan fingerprint density at radius 1 is 1.22 bits per heavy atom. The molecule has 1 amide bonds. The first kappa shape index (κ1) is 18.1. The fraction of sp³-hybridized carbons (Fsp3) is 0.400. The molecule has 3 heterocycles. The molecule has 2 aliphatic heterocycles. The number of nitrogens with zero attached hydrogens (tertiary/aromatic N) is 3. The van der Waals surface area contributed by atoms with Crippen LogP contribution in [0.1, 0.15) is 20.9 Å². The van der Waals surface area contributed by atoms with E-state index in [4.69, 9.17) is 5.26 Å². The van der Waals surface area contributed by atoms with Crippen molar-refractivity contribution in [1.29, 1.82) is 5.26 Å². The van der Waals surface area contributed by atoms with Gasteiger partial charge in [0.25, 0.3) is 5.91 Å². The number of hydrogen-bond donors (Lipinski definition) is 0. The molecule has 2 aromatic rings. The molecule has 2 fully saturated rings. The molecule has 0 unspecified atom stereocenters. The third-order valence-electron chi connectivity index (χ3n) is 5.39. The average molecular weight is 387 g/mol. The Morgan fingerprint density at radius 3 is 2.63 bits per heavy atom. The number of alkyl halides is 2. The second kappa shape index (κ2) is 6.11. The van der Waals surface area contributed by atoms with Gasteiger partial charge in [0.1, 0.15) is 0 Å². The van der Waals surface area contributed by atoms with Crippen molar-refractivity contribution in [3.63, 3.8) is 0 Å². The summed E-state index contributed by atoms with van der Waals surface area (Å²) in [6.07, 6.45) is 0. The van der Waals surface area contributed by atoms with Crippen LogP contribution in [-0.4, -0.2) is 41.8 Å². The number of likely N-dealkylation sites (tertiary alicyclic amines) is 1. The number of hydrogen-bond acceptors (Lipinski definition) is 4. The highest BCUT2D eigenvalue weighted by atomic mass is 32.1. The van der Waals surface area contributed by atoms with E-state index < -0.39 is 17.2 Å². The van der Waals surface area contributed by atoms with Gasteiger partial charge in [0.05, 0.1) is 23.9 Å². The molecule has 7 heteroatoms. The Morgan fingerprint density at radius 2 is 2.00 bits per heavy atom. The largest absolute Gasteiger partial charge is 0.305 e. The van der Waals surface area contributed by atoms with Crippen molar-refractivity contribution >= 4 is 22.9 Å². The lowest BCUT2D eigenvalue weighted by Crippen LogP contribution is -2.47. The summed E-state index contributed by atoms with van der Waals surface area (Å²) < 4.78 is 31.2. The molecule has 0 N–H and O–H groups in total.